The lowest BCUT2D eigenvalue weighted by Gasteiger charge is -2.10. The van der Waals surface area contributed by atoms with Crippen LogP contribution in [0.1, 0.15) is 32.0 Å². The van der Waals surface area contributed by atoms with Crippen LogP contribution in [0.3, 0.4) is 0 Å². The maximum Gasteiger partial charge on any atom is 0.313 e. The number of aromatic nitrogens is 3. The molecule has 2 N–H and O–H groups in total. The topological polar surface area (TPSA) is 97.1 Å². The Morgan fingerprint density at radius 1 is 1.43 bits per heavy atom. The van der Waals surface area contributed by atoms with Crippen LogP contribution in [0.5, 0.6) is 0 Å². The number of carboxylic acid groups (broad SMARTS) is 1. The minimum atomic E-state index is -0.881. The average molecular weight is 312 g/mol. The molecule has 0 saturated heterocycles. The zero-order valence-electron chi connectivity index (χ0n) is 12.0. The summed E-state index contributed by atoms with van der Waals surface area (Å²) in [4.78, 5) is 22.3. The van der Waals surface area contributed by atoms with Crippen molar-refractivity contribution in [2.24, 2.45) is 5.92 Å². The van der Waals surface area contributed by atoms with E-state index in [0.717, 1.165) is 43.3 Å². The Hall–Kier alpha value is -1.57. The van der Waals surface area contributed by atoms with Crippen LogP contribution < -0.4 is 5.32 Å². The number of nitrogens with zero attached hydrogens (tertiary/aromatic N) is 3. The summed E-state index contributed by atoms with van der Waals surface area (Å²) in [6.45, 7) is 3.14. The van der Waals surface area contributed by atoms with Gasteiger partial charge < -0.3 is 15.0 Å². The lowest BCUT2D eigenvalue weighted by Crippen LogP contribution is -2.29. The predicted molar refractivity (Wildman–Crippen MR) is 78.1 cm³/mol. The van der Waals surface area contributed by atoms with Gasteiger partial charge in [-0.25, -0.2) is 0 Å². The van der Waals surface area contributed by atoms with Crippen molar-refractivity contribution in [3.8, 4) is 0 Å². The van der Waals surface area contributed by atoms with Crippen molar-refractivity contribution in [1.29, 1.82) is 0 Å². The quantitative estimate of drug-likeness (QED) is 0.659. The number of aryl methyl sites for hydroxylation is 1. The van der Waals surface area contributed by atoms with Gasteiger partial charge in [0, 0.05) is 25.4 Å². The van der Waals surface area contributed by atoms with E-state index in [9.17, 15) is 9.59 Å². The molecule has 116 valence electrons. The molecule has 0 bridgehead atoms. The first-order valence-electron chi connectivity index (χ1n) is 7.16. The smallest absolute Gasteiger partial charge is 0.313 e. The molecule has 21 heavy (non-hydrogen) atoms. The molecule has 1 aliphatic rings. The number of aliphatic carboxylic acids is 1. The number of carbonyl (C=O) groups excluding carboxylic acids is 1. The summed E-state index contributed by atoms with van der Waals surface area (Å²) in [7, 11) is 0. The van der Waals surface area contributed by atoms with E-state index in [-0.39, 0.29) is 17.6 Å². The van der Waals surface area contributed by atoms with Crippen molar-refractivity contribution >= 4 is 23.6 Å². The zero-order valence-corrected chi connectivity index (χ0v) is 12.9. The summed E-state index contributed by atoms with van der Waals surface area (Å²) in [6.07, 6.45) is 3.70. The molecular weight excluding hydrogens is 292 g/mol. The van der Waals surface area contributed by atoms with Crippen LogP contribution in [0, 0.1) is 5.92 Å². The van der Waals surface area contributed by atoms with Crippen LogP contribution in [-0.2, 0) is 22.6 Å². The monoisotopic (exact) mass is 312 g/mol. The molecule has 0 spiro atoms. The molecule has 1 fully saturated rings. The number of hydrogen-bond acceptors (Lipinski definition) is 5. The summed E-state index contributed by atoms with van der Waals surface area (Å²) in [5.41, 5.74) is 0. The number of thioether (sulfide) groups is 1. The van der Waals surface area contributed by atoms with Gasteiger partial charge in [-0.1, -0.05) is 18.7 Å². The molecule has 0 atom stereocenters. The van der Waals surface area contributed by atoms with E-state index >= 15 is 0 Å². The van der Waals surface area contributed by atoms with Crippen molar-refractivity contribution in [3.63, 3.8) is 0 Å². The molecule has 1 aromatic rings. The van der Waals surface area contributed by atoms with Gasteiger partial charge in [0.25, 0.3) is 0 Å². The highest BCUT2D eigenvalue weighted by Gasteiger charge is 2.29. The first-order chi connectivity index (χ1) is 10.1. The van der Waals surface area contributed by atoms with Crippen LogP contribution in [-0.4, -0.2) is 44.0 Å². The van der Waals surface area contributed by atoms with Gasteiger partial charge in [-0.05, 0) is 19.3 Å². The number of carbonyl (C=O) groups is 2. The Balaban J connectivity index is 1.93. The Morgan fingerprint density at radius 3 is 2.81 bits per heavy atom. The number of carboxylic acids is 1. The molecule has 0 radical (unpaired) electrons. The molecule has 0 aromatic carbocycles. The van der Waals surface area contributed by atoms with Crippen molar-refractivity contribution in [3.05, 3.63) is 5.82 Å². The molecule has 8 heteroatoms. The van der Waals surface area contributed by atoms with Gasteiger partial charge in [0.2, 0.25) is 5.91 Å². The third kappa shape index (κ3) is 4.73. The highest BCUT2D eigenvalue weighted by atomic mass is 32.2. The second-order valence-corrected chi connectivity index (χ2v) is 5.99. The maximum absolute atomic E-state index is 11.6. The predicted octanol–water partition coefficient (Wildman–Crippen LogP) is 0.933. The fourth-order valence-electron chi connectivity index (χ4n) is 1.97. The Kier molecular flexibility index (Phi) is 5.60. The largest absolute Gasteiger partial charge is 0.481 e. The van der Waals surface area contributed by atoms with E-state index in [1.165, 1.54) is 0 Å². The third-order valence-corrected chi connectivity index (χ3v) is 4.13. The SMILES string of the molecule is CCCc1nnc(SCC(=O)O)n1CCNC(=O)C1CC1. The molecule has 0 unspecified atom stereocenters. The normalized spacial score (nSPS) is 14.1. The number of amides is 1. The Morgan fingerprint density at radius 2 is 2.19 bits per heavy atom. The molecule has 1 amide bonds. The third-order valence-electron chi connectivity index (χ3n) is 3.17. The second-order valence-electron chi connectivity index (χ2n) is 5.05. The van der Waals surface area contributed by atoms with E-state index in [2.05, 4.69) is 22.4 Å². The zero-order chi connectivity index (χ0) is 15.2. The molecule has 2 rings (SSSR count). The van der Waals surface area contributed by atoms with E-state index in [1.54, 1.807) is 0 Å². The minimum Gasteiger partial charge on any atom is -0.481 e. The van der Waals surface area contributed by atoms with E-state index < -0.39 is 5.97 Å². The van der Waals surface area contributed by atoms with Gasteiger partial charge >= 0.3 is 5.97 Å². The fourth-order valence-corrected chi connectivity index (χ4v) is 2.67. The Bertz CT molecular complexity index is 514. The van der Waals surface area contributed by atoms with Crippen LogP contribution in [0.2, 0.25) is 0 Å². The van der Waals surface area contributed by atoms with Gasteiger partial charge in [-0.2, -0.15) is 0 Å². The van der Waals surface area contributed by atoms with Crippen LogP contribution in [0.25, 0.3) is 0 Å². The van der Waals surface area contributed by atoms with Crippen LogP contribution in [0.15, 0.2) is 5.16 Å². The van der Waals surface area contributed by atoms with Crippen molar-refractivity contribution in [1.82, 2.24) is 20.1 Å². The number of rotatable bonds is 9. The standard InChI is InChI=1S/C13H20N4O3S/c1-2-3-10-15-16-13(21-8-11(18)19)17(10)7-6-14-12(20)9-4-5-9/h9H,2-8H2,1H3,(H,14,20)(H,18,19). The summed E-state index contributed by atoms with van der Waals surface area (Å²) < 4.78 is 1.91. The lowest BCUT2D eigenvalue weighted by atomic mass is 10.3. The van der Waals surface area contributed by atoms with Gasteiger partial charge in [0.05, 0.1) is 5.75 Å². The summed E-state index contributed by atoms with van der Waals surface area (Å²) >= 11 is 1.16. The minimum absolute atomic E-state index is 0.0430. The summed E-state index contributed by atoms with van der Waals surface area (Å²) in [5.74, 6) is 0.222. The highest BCUT2D eigenvalue weighted by molar-refractivity contribution is 7.99. The van der Waals surface area contributed by atoms with E-state index in [1.807, 2.05) is 4.57 Å². The maximum atomic E-state index is 11.6. The van der Waals surface area contributed by atoms with Crippen LogP contribution in [0.4, 0.5) is 0 Å². The lowest BCUT2D eigenvalue weighted by molar-refractivity contribution is -0.134. The molecule has 1 aromatic heterocycles. The van der Waals surface area contributed by atoms with Gasteiger partial charge in [0.15, 0.2) is 5.16 Å². The molecule has 1 saturated carbocycles. The van der Waals surface area contributed by atoms with Gasteiger partial charge in [0.1, 0.15) is 5.82 Å². The second kappa shape index (κ2) is 7.44. The van der Waals surface area contributed by atoms with Crippen molar-refractivity contribution < 1.29 is 14.7 Å². The summed E-state index contributed by atoms with van der Waals surface area (Å²) in [6, 6.07) is 0. The molecule has 0 aliphatic heterocycles. The Labute approximate surface area is 127 Å². The molecule has 7 nitrogen and oxygen atoms in total. The molecule has 1 heterocycles. The van der Waals surface area contributed by atoms with Gasteiger partial charge in [-0.3, -0.25) is 9.59 Å². The first-order valence-corrected chi connectivity index (χ1v) is 8.14. The fraction of sp³-hybridized carbons (Fsp3) is 0.692. The van der Waals surface area contributed by atoms with Crippen molar-refractivity contribution in [2.75, 3.05) is 12.3 Å². The van der Waals surface area contributed by atoms with Crippen LogP contribution >= 0.6 is 11.8 Å². The van der Waals surface area contributed by atoms with Crippen molar-refractivity contribution in [2.45, 2.75) is 44.3 Å². The molecular formula is C13H20N4O3S. The molecule has 1 aliphatic carbocycles. The average Bonchev–Trinajstić information content (AvgIpc) is 3.22. The number of hydrogen-bond donors (Lipinski definition) is 2. The first kappa shape index (κ1) is 15.8. The highest BCUT2D eigenvalue weighted by Crippen LogP contribution is 2.28. The van der Waals surface area contributed by atoms with Gasteiger partial charge in [-0.15, -0.1) is 10.2 Å². The number of nitrogens with one attached hydrogen (secondary N) is 1. The van der Waals surface area contributed by atoms with E-state index in [4.69, 9.17) is 5.11 Å². The summed E-state index contributed by atoms with van der Waals surface area (Å²) in [5, 5.41) is 20.4. The van der Waals surface area contributed by atoms with E-state index in [0.29, 0.717) is 18.2 Å².